The number of halogens is 3. The molecule has 0 aliphatic carbocycles. The Labute approximate surface area is 714 Å². The van der Waals surface area contributed by atoms with Crippen LogP contribution < -0.4 is 46.5 Å². The van der Waals surface area contributed by atoms with Gasteiger partial charge in [-0.15, -0.1) is 22.7 Å². The molecule has 16 heterocycles. The molecule has 5 amide bonds. The Morgan fingerprint density at radius 1 is 0.738 bits per heavy atom. The lowest BCUT2D eigenvalue weighted by molar-refractivity contribution is -0.142. The highest BCUT2D eigenvalue weighted by molar-refractivity contribution is 7.88. The van der Waals surface area contributed by atoms with E-state index in [0.717, 1.165) is 127 Å². The molecule has 0 radical (unpaired) electrons. The van der Waals surface area contributed by atoms with Gasteiger partial charge in [0.05, 0.1) is 93.1 Å². The predicted molar refractivity (Wildman–Crippen MR) is 460 cm³/mol. The fraction of sp³-hybridized carbons (Fsp3) is 0.439. The summed E-state index contributed by atoms with van der Waals surface area (Å²) in [7, 11) is -3.13. The number of piperazine rings is 1. The number of aliphatic imine (C=N–C) groups is 1. The molecule has 0 unspecified atom stereocenters. The topological polar surface area (TPSA) is 394 Å². The molecule has 644 valence electrons. The number of hydrogen-bond donors (Lipinski definition) is 4. The number of nitrogens with one attached hydrogen (secondary N) is 1. The number of thiophene rings is 1. The molecule has 0 saturated carbocycles. The first-order chi connectivity index (χ1) is 58.3. The minimum absolute atomic E-state index is 0.00518. The summed E-state index contributed by atoms with van der Waals surface area (Å²) in [5.74, 6) is 4.09. The Bertz CT molecular complexity index is 5850. The summed E-state index contributed by atoms with van der Waals surface area (Å²) in [6.45, 7) is 25.0. The fourth-order valence-electron chi connectivity index (χ4n) is 15.6. The van der Waals surface area contributed by atoms with E-state index in [9.17, 15) is 40.8 Å². The number of morpholine rings is 1. The number of anilines is 3. The van der Waals surface area contributed by atoms with Crippen molar-refractivity contribution in [3.63, 3.8) is 0 Å². The number of primary amides is 3. The van der Waals surface area contributed by atoms with E-state index in [1.807, 2.05) is 57.9 Å². The van der Waals surface area contributed by atoms with Crippen LogP contribution in [-0.2, 0) is 67.3 Å². The minimum atomic E-state index is -4.39. The van der Waals surface area contributed by atoms with Crippen LogP contribution in [0.3, 0.4) is 0 Å². The van der Waals surface area contributed by atoms with Crippen molar-refractivity contribution in [2.75, 3.05) is 100 Å². The second kappa shape index (κ2) is 35.6. The number of ether oxygens (including phenoxy) is 4. The fourth-order valence-corrected chi connectivity index (χ4v) is 19.5. The molecule has 2 aromatic carbocycles. The van der Waals surface area contributed by atoms with Gasteiger partial charge < -0.3 is 60.0 Å². The molecule has 4 atom stereocenters. The number of hydrogen-bond acceptors (Lipinski definition) is 26. The molecule has 18 rings (SSSR count). The first kappa shape index (κ1) is 85.7. The van der Waals surface area contributed by atoms with E-state index in [2.05, 4.69) is 109 Å². The average molecular weight is 1750 g/mol. The van der Waals surface area contributed by atoms with Crippen LogP contribution >= 0.6 is 34.0 Å². The molecule has 11 aromatic rings. The molecule has 7 aliphatic rings. The lowest BCUT2D eigenvalue weighted by atomic mass is 9.98. The van der Waals surface area contributed by atoms with Gasteiger partial charge in [-0.1, -0.05) is 57.2 Å². The van der Waals surface area contributed by atoms with Crippen LogP contribution in [0.25, 0.3) is 77.7 Å². The summed E-state index contributed by atoms with van der Waals surface area (Å²) in [4.78, 5) is 95.2. The van der Waals surface area contributed by atoms with E-state index in [-0.39, 0.29) is 29.1 Å². The molecular formula is C82H96F3N23O10S4. The van der Waals surface area contributed by atoms with Gasteiger partial charge in [0.25, 0.3) is 5.91 Å². The summed E-state index contributed by atoms with van der Waals surface area (Å²) in [6, 6.07) is 18.1. The molecule has 4 fully saturated rings. The minimum Gasteiger partial charge on any atom is -0.491 e. The van der Waals surface area contributed by atoms with E-state index >= 15 is 0 Å². The number of nitrogens with zero attached hydrogens (tertiary/aromatic N) is 19. The maximum atomic E-state index is 12.9. The number of carbonyl (C=O) groups is 4. The zero-order valence-electron chi connectivity index (χ0n) is 68.9. The largest absolute Gasteiger partial charge is 0.491 e. The Morgan fingerprint density at radius 3 is 2.12 bits per heavy atom. The van der Waals surface area contributed by atoms with Crippen molar-refractivity contribution in [3.05, 3.63) is 124 Å². The third-order valence-electron chi connectivity index (χ3n) is 21.8. The lowest BCUT2D eigenvalue weighted by Gasteiger charge is -2.32. The third-order valence-corrected chi connectivity index (χ3v) is 26.6. The van der Waals surface area contributed by atoms with Gasteiger partial charge in [-0.05, 0) is 88.8 Å². The number of rotatable bonds is 17. The average Bonchev–Trinajstić information content (AvgIpc) is 1.55. The van der Waals surface area contributed by atoms with Crippen LogP contribution in [0.1, 0.15) is 100 Å². The van der Waals surface area contributed by atoms with Gasteiger partial charge in [-0.25, -0.2) is 48.1 Å². The number of urea groups is 1. The molecule has 40 heteroatoms. The monoisotopic (exact) mass is 1750 g/mol. The van der Waals surface area contributed by atoms with Gasteiger partial charge in [0.1, 0.15) is 77.9 Å². The maximum absolute atomic E-state index is 12.9. The number of aryl methyl sites for hydroxylation is 1. The van der Waals surface area contributed by atoms with Crippen molar-refractivity contribution in [2.24, 2.45) is 28.1 Å². The predicted octanol–water partition coefficient (Wildman–Crippen LogP) is 10.7. The molecule has 0 spiro atoms. The summed E-state index contributed by atoms with van der Waals surface area (Å²) in [5.41, 5.74) is 26.3. The summed E-state index contributed by atoms with van der Waals surface area (Å²) < 4.78 is 94.8. The molecule has 0 bridgehead atoms. The Balaban J connectivity index is 0.000000127. The number of fused-ring (bicyclic) bond motifs is 8. The van der Waals surface area contributed by atoms with Crippen LogP contribution in [0, 0.1) is 12.8 Å². The van der Waals surface area contributed by atoms with E-state index in [1.54, 1.807) is 70.7 Å². The van der Waals surface area contributed by atoms with Crippen LogP contribution in [0.15, 0.2) is 102 Å². The standard InChI is InChI=1S/C24H28N6O3S2.C20H20F3N7O2.C20H23N5O3.C18H25N5O2S2/c1-35(31,32)30-7-5-28(6-8-30)16-18-13-21-22(34-18)24(29-9-11-33-12-10-29)27-23(26-21)19-4-2-3-17-14-25-15-20(17)19;21-20(22,23)11-30-14(3-4-26-30)13-10-28-6-7-32-16-8-17(25-9-12(16)19(28)27-13)29-5-1-2-15(29)18(24)31;1-12(2)25-17(6-7-22-25)16-11-24-8-9-27-18-10-14(28-13(3)19(21)26)4-5-15(18)20(24)23-16;1-9-6-7-23(12(9)14(19)24)17(25)22-16-20-10(2)13(27-16)11-8-26-15(21-11)18(3,4)5/h2-4,13,15H,5-12,14,16H2,1H3;3-4,8-10,15H,1-2,5-7,11H2,(H2,24,31);4-7,10-13H,8-9H2,1-3H3,(H2,21,26);8-9,12H,6-7H2,1-5H3,(H2,19,24)(H,20,22,25)/t;15-;13-;9-,12+/m.001/s1. The zero-order chi connectivity index (χ0) is 86.2. The van der Waals surface area contributed by atoms with Crippen molar-refractivity contribution in [1.29, 1.82) is 0 Å². The molecule has 122 heavy (non-hydrogen) atoms. The van der Waals surface area contributed by atoms with E-state index in [1.165, 1.54) is 45.2 Å². The first-order valence-electron chi connectivity index (χ1n) is 40.2. The number of nitrogens with two attached hydrogens (primary N) is 3. The number of aromatic nitrogens is 13. The second-order valence-electron chi connectivity index (χ2n) is 32.0. The number of benzene rings is 2. The number of thiazole rings is 2. The van der Waals surface area contributed by atoms with E-state index in [0.29, 0.717) is 124 Å². The Morgan fingerprint density at radius 2 is 1.44 bits per heavy atom. The van der Waals surface area contributed by atoms with Gasteiger partial charge in [0.2, 0.25) is 21.8 Å². The van der Waals surface area contributed by atoms with Gasteiger partial charge in [0.15, 0.2) is 22.9 Å². The highest BCUT2D eigenvalue weighted by Gasteiger charge is 2.40. The van der Waals surface area contributed by atoms with Crippen LogP contribution in [0.5, 0.6) is 17.2 Å². The number of sulfonamides is 1. The number of imidazole rings is 2. The SMILES string of the molecule is CC(C)n1nccc1-c1cn2c(n1)-c1ccc(O[C@@H](C)C(N)=O)cc1OCC2.CS(=O)(=O)N1CCN(Cc2cc3nc(-c4cccc5c4C=NC5)nc(N4CCOCC4)c3s2)CC1.Cc1nc(NC(=O)N2CC[C@@H](C)[C@H]2C(N)=O)sc1-c1csc(C(C)(C)C)n1.NC(=O)[C@@H]1CCCN1c1cc2c(cn1)-c1nc(-c3ccnn3CC(F)(F)F)cn1CCO2. The number of carbonyl (C=O) groups excluding carboxylic acids is 4. The normalized spacial score (nSPS) is 18.0. The quantitative estimate of drug-likeness (QED) is 0.0658. The van der Waals surface area contributed by atoms with Gasteiger partial charge in [0, 0.05) is 141 Å². The van der Waals surface area contributed by atoms with Crippen LogP contribution in [0.2, 0.25) is 0 Å². The molecular weight excluding hydrogens is 1650 g/mol. The Hall–Kier alpha value is -11.3. The van der Waals surface area contributed by atoms with Gasteiger partial charge >= 0.3 is 12.2 Å². The van der Waals surface area contributed by atoms with Gasteiger partial charge in [-0.2, -0.15) is 27.7 Å². The highest BCUT2D eigenvalue weighted by atomic mass is 32.2. The number of alkyl halides is 3. The van der Waals surface area contributed by atoms with Crippen molar-refractivity contribution < 1.29 is 59.7 Å². The Kier molecular flexibility index (Phi) is 25.0. The number of pyridine rings is 1. The van der Waals surface area contributed by atoms with Crippen molar-refractivity contribution in [1.82, 2.24) is 77.7 Å². The maximum Gasteiger partial charge on any atom is 0.408 e. The molecule has 33 nitrogen and oxygen atoms in total. The van der Waals surface area contributed by atoms with Gasteiger partial charge in [-0.3, -0.25) is 39.0 Å². The smallest absolute Gasteiger partial charge is 0.408 e. The lowest BCUT2D eigenvalue weighted by Crippen LogP contribution is -2.47. The first-order valence-corrected chi connectivity index (χ1v) is 44.6. The van der Waals surface area contributed by atoms with Crippen LogP contribution in [0.4, 0.5) is 34.7 Å². The van der Waals surface area contributed by atoms with E-state index in [4.69, 9.17) is 56.1 Å². The molecule has 4 saturated heterocycles. The van der Waals surface area contributed by atoms with Crippen LogP contribution in [-0.4, -0.2) is 225 Å². The highest BCUT2D eigenvalue weighted by Crippen LogP contribution is 2.43. The molecule has 7 aliphatic heterocycles. The summed E-state index contributed by atoms with van der Waals surface area (Å²) in [5, 5.41) is 14.6. The molecule has 9 aromatic heterocycles. The van der Waals surface area contributed by atoms with Crippen molar-refractivity contribution >= 4 is 101 Å². The number of amides is 5. The second-order valence-corrected chi connectivity index (χ2v) is 37.0. The zero-order valence-corrected chi connectivity index (χ0v) is 72.2. The summed E-state index contributed by atoms with van der Waals surface area (Å²) in [6.07, 6.45) is 8.83. The van der Waals surface area contributed by atoms with Crippen molar-refractivity contribution in [3.8, 4) is 84.8 Å². The summed E-state index contributed by atoms with van der Waals surface area (Å²) >= 11 is 4.76. The molecule has 7 N–H and O–H groups in total. The van der Waals surface area contributed by atoms with E-state index < -0.39 is 58.7 Å². The van der Waals surface area contributed by atoms with Crippen molar-refractivity contribution in [2.45, 2.75) is 143 Å². The number of likely N-dealkylation sites (tertiary alicyclic amines) is 1. The third kappa shape index (κ3) is 19.0.